The van der Waals surface area contributed by atoms with Crippen LogP contribution in [0.1, 0.15) is 133 Å². The highest BCUT2D eigenvalue weighted by atomic mass is 16.5. The van der Waals surface area contributed by atoms with Crippen LogP contribution in [-0.4, -0.2) is 16.2 Å². The van der Waals surface area contributed by atoms with Crippen molar-refractivity contribution in [1.29, 1.82) is 0 Å². The summed E-state index contributed by atoms with van der Waals surface area (Å²) in [5.74, 6) is 2.96. The van der Waals surface area contributed by atoms with Gasteiger partial charge in [0, 0.05) is 57.5 Å². The van der Waals surface area contributed by atoms with Crippen molar-refractivity contribution in [3.8, 4) is 39.6 Å². The van der Waals surface area contributed by atoms with E-state index in [1.165, 1.54) is 66.4 Å². The summed E-state index contributed by atoms with van der Waals surface area (Å²) in [6.07, 6.45) is 4.30. The Morgan fingerprint density at radius 1 is 0.446 bits per heavy atom. The zero-order valence-corrected chi connectivity index (χ0v) is 50.1. The molecular weight excluding hydrogens is 1010 g/mol. The van der Waals surface area contributed by atoms with E-state index in [1.54, 1.807) is 0 Å². The predicted octanol–water partition coefficient (Wildman–Crippen LogP) is 20.8. The maximum Gasteiger partial charge on any atom is 0.137 e. The molecule has 0 atom stereocenters. The maximum atomic E-state index is 7.57. The number of aromatic nitrogens is 2. The summed E-state index contributed by atoms with van der Waals surface area (Å²) >= 11 is 0. The van der Waals surface area contributed by atoms with Gasteiger partial charge >= 0.3 is 0 Å². The highest BCUT2D eigenvalue weighted by molar-refractivity contribution is 6.12. The number of anilines is 2. The Morgan fingerprint density at radius 3 is 1.66 bits per heavy atom. The van der Waals surface area contributed by atoms with E-state index in [0.717, 1.165) is 56.5 Å². The van der Waals surface area contributed by atoms with Gasteiger partial charge in [-0.05, 0) is 133 Å². The van der Waals surface area contributed by atoms with Gasteiger partial charge in [0.2, 0.25) is 0 Å². The van der Waals surface area contributed by atoms with Gasteiger partial charge in [-0.2, -0.15) is 0 Å². The second kappa shape index (κ2) is 21.8. The van der Waals surface area contributed by atoms with Crippen molar-refractivity contribution in [3.63, 3.8) is 0 Å². The van der Waals surface area contributed by atoms with Crippen molar-refractivity contribution in [2.24, 2.45) is 0 Å². The fraction of sp³-hybridized carbons (Fsp3) is 0.218. The number of para-hydroxylation sites is 1. The minimum atomic E-state index is -0.421. The van der Waals surface area contributed by atoms with Crippen LogP contribution in [0.2, 0.25) is 0 Å². The Hall–Kier alpha value is -8.93. The van der Waals surface area contributed by atoms with E-state index < -0.39 is 5.41 Å². The SMILES string of the molecule is CC(C)c1cccc(C(C)C)c1-c1cc(Oc2cc(C(C)(C)c3ccccc3)c3c4ccccc4n(-c4cc(C(C)(C)C)ccn4)c3c2)cc(N2C=C(c3ccccc3)N(c3cc(-c4ccccc4)cc(C(C)(C)c4ccccc4)c3)C2)c1. The molecule has 12 rings (SSSR count). The van der Waals surface area contributed by atoms with Crippen molar-refractivity contribution in [1.82, 2.24) is 9.55 Å². The van der Waals surface area contributed by atoms with Crippen LogP contribution in [-0.2, 0) is 16.2 Å². The van der Waals surface area contributed by atoms with Gasteiger partial charge in [-0.15, -0.1) is 0 Å². The Morgan fingerprint density at radius 2 is 1.02 bits per heavy atom. The Kier molecular flexibility index (Phi) is 14.3. The van der Waals surface area contributed by atoms with Gasteiger partial charge in [0.05, 0.1) is 23.4 Å². The van der Waals surface area contributed by atoms with E-state index in [9.17, 15) is 0 Å². The summed E-state index contributed by atoms with van der Waals surface area (Å²) in [6, 6.07) is 82.2. The third-order valence-corrected chi connectivity index (χ3v) is 17.4. The summed E-state index contributed by atoms with van der Waals surface area (Å²) in [5, 5.41) is 2.37. The molecule has 0 saturated carbocycles. The predicted molar refractivity (Wildman–Crippen MR) is 351 cm³/mol. The van der Waals surface area contributed by atoms with E-state index in [4.69, 9.17) is 9.72 Å². The first kappa shape index (κ1) is 54.6. The summed E-state index contributed by atoms with van der Waals surface area (Å²) in [6.45, 7) is 26.0. The number of nitrogens with zero attached hydrogens (tertiary/aromatic N) is 4. The smallest absolute Gasteiger partial charge is 0.137 e. The highest BCUT2D eigenvalue weighted by Gasteiger charge is 2.32. The third kappa shape index (κ3) is 10.4. The number of fused-ring (bicyclic) bond motifs is 3. The number of benzene rings is 9. The van der Waals surface area contributed by atoms with Crippen LogP contribution in [0.3, 0.4) is 0 Å². The summed E-state index contributed by atoms with van der Waals surface area (Å²) in [4.78, 5) is 10.0. The van der Waals surface area contributed by atoms with Gasteiger partial charge in [-0.25, -0.2) is 4.98 Å². The molecule has 2 aromatic heterocycles. The zero-order chi connectivity index (χ0) is 57.8. The molecule has 9 aromatic carbocycles. The van der Waals surface area contributed by atoms with E-state index >= 15 is 0 Å². The standard InChI is InChI=1S/C78H76N4O/c1-52(2)66-36-26-37-67(53(3)4)74(66)57-43-62(80-50-72(55-29-18-13-19-30-55)81(51-80)63-42-56(54-27-16-12-17-28-54)41-61(45-63)77(8,9)58-31-20-14-21-32-58)47-64(44-57)83-65-48-69(78(10,11)59-33-22-15-23-34-59)75-68-35-24-25-38-70(68)82(71(75)49-65)73-46-60(39-40-79-73)76(5,6)7/h12-50,52-53H,51H2,1-11H3. The molecule has 414 valence electrons. The first-order valence-electron chi connectivity index (χ1n) is 29.6. The molecule has 83 heavy (non-hydrogen) atoms. The van der Waals surface area contributed by atoms with Crippen molar-refractivity contribution >= 4 is 38.9 Å². The van der Waals surface area contributed by atoms with Gasteiger partial charge in [-0.3, -0.25) is 4.57 Å². The molecule has 0 saturated heterocycles. The van der Waals surface area contributed by atoms with Crippen LogP contribution in [0.15, 0.2) is 237 Å². The average molecular weight is 1090 g/mol. The molecular formula is C78H76N4O. The molecule has 3 heterocycles. The molecule has 1 aliphatic heterocycles. The number of pyridine rings is 1. The number of hydrogen-bond donors (Lipinski definition) is 0. The molecule has 0 spiro atoms. The van der Waals surface area contributed by atoms with E-state index in [0.29, 0.717) is 6.67 Å². The van der Waals surface area contributed by atoms with Crippen molar-refractivity contribution < 1.29 is 4.74 Å². The minimum absolute atomic E-state index is 0.0740. The van der Waals surface area contributed by atoms with Gasteiger partial charge in [0.1, 0.15) is 17.3 Å². The first-order valence-corrected chi connectivity index (χ1v) is 29.6. The quantitative estimate of drug-likeness (QED) is 0.109. The average Bonchev–Trinajstić information content (AvgIpc) is 1.98. The lowest BCUT2D eigenvalue weighted by atomic mass is 9.76. The van der Waals surface area contributed by atoms with Crippen LogP contribution in [0, 0.1) is 0 Å². The highest BCUT2D eigenvalue weighted by Crippen LogP contribution is 2.48. The zero-order valence-electron chi connectivity index (χ0n) is 50.1. The lowest BCUT2D eigenvalue weighted by Gasteiger charge is -2.30. The number of ether oxygens (including phenoxy) is 1. The van der Waals surface area contributed by atoms with Crippen molar-refractivity contribution in [2.45, 2.75) is 104 Å². The lowest BCUT2D eigenvalue weighted by Crippen LogP contribution is -2.27. The van der Waals surface area contributed by atoms with Gasteiger partial charge < -0.3 is 14.5 Å². The Bertz CT molecular complexity index is 4160. The number of rotatable bonds is 14. The summed E-state index contributed by atoms with van der Waals surface area (Å²) < 4.78 is 9.92. The fourth-order valence-electron chi connectivity index (χ4n) is 12.5. The molecule has 11 aromatic rings. The molecule has 5 heteroatoms. The van der Waals surface area contributed by atoms with Gasteiger partial charge in [-0.1, -0.05) is 240 Å². The second-order valence-electron chi connectivity index (χ2n) is 25.3. The lowest BCUT2D eigenvalue weighted by molar-refractivity contribution is 0.481. The molecule has 1 aliphatic rings. The van der Waals surface area contributed by atoms with Crippen LogP contribution >= 0.6 is 0 Å². The minimum Gasteiger partial charge on any atom is -0.457 e. The van der Waals surface area contributed by atoms with Crippen molar-refractivity contribution in [3.05, 3.63) is 281 Å². The Labute approximate surface area is 492 Å². The van der Waals surface area contributed by atoms with Crippen LogP contribution in [0.4, 0.5) is 11.4 Å². The molecule has 0 amide bonds. The van der Waals surface area contributed by atoms with Crippen molar-refractivity contribution in [2.75, 3.05) is 16.5 Å². The van der Waals surface area contributed by atoms with E-state index in [2.05, 4.69) is 321 Å². The molecule has 0 aliphatic carbocycles. The molecule has 5 nitrogen and oxygen atoms in total. The molecule has 0 unspecified atom stereocenters. The monoisotopic (exact) mass is 1080 g/mol. The first-order chi connectivity index (χ1) is 39.9. The topological polar surface area (TPSA) is 33.5 Å². The molecule has 0 bridgehead atoms. The van der Waals surface area contributed by atoms with Crippen LogP contribution in [0.25, 0.3) is 55.6 Å². The summed E-state index contributed by atoms with van der Waals surface area (Å²) in [5.41, 5.74) is 19.3. The molecule has 0 fully saturated rings. The van der Waals surface area contributed by atoms with Crippen LogP contribution in [0.5, 0.6) is 11.5 Å². The van der Waals surface area contributed by atoms with Gasteiger partial charge in [0.15, 0.2) is 0 Å². The summed E-state index contributed by atoms with van der Waals surface area (Å²) in [7, 11) is 0. The normalized spacial score (nSPS) is 13.2. The number of hydrogen-bond acceptors (Lipinski definition) is 4. The van der Waals surface area contributed by atoms with Crippen LogP contribution < -0.4 is 14.5 Å². The Balaban J connectivity index is 1.07. The van der Waals surface area contributed by atoms with E-state index in [-0.39, 0.29) is 22.7 Å². The second-order valence-corrected chi connectivity index (χ2v) is 25.3. The van der Waals surface area contributed by atoms with E-state index in [1.807, 2.05) is 6.20 Å². The molecule has 0 N–H and O–H groups in total. The molecule has 0 radical (unpaired) electrons. The van der Waals surface area contributed by atoms with Gasteiger partial charge in [0.25, 0.3) is 0 Å². The largest absolute Gasteiger partial charge is 0.457 e. The third-order valence-electron chi connectivity index (χ3n) is 17.4. The maximum absolute atomic E-state index is 7.57. The fourth-order valence-corrected chi connectivity index (χ4v) is 12.5.